The molecule has 0 fully saturated rings. The number of carbonyl (C=O) groups is 2. The molecule has 7 heteroatoms. The number of para-hydroxylation sites is 1. The van der Waals surface area contributed by atoms with E-state index >= 15 is 0 Å². The molecule has 3 rings (SSSR count). The van der Waals surface area contributed by atoms with Gasteiger partial charge in [0.25, 0.3) is 10.0 Å². The number of anilines is 1. The Hall–Kier alpha value is -3.45. The van der Waals surface area contributed by atoms with Crippen molar-refractivity contribution in [1.82, 2.24) is 0 Å². The summed E-state index contributed by atoms with van der Waals surface area (Å²) in [6.07, 6.45) is 0. The molecule has 0 heterocycles. The lowest BCUT2D eigenvalue weighted by Crippen LogP contribution is -2.26. The molecule has 0 saturated heterocycles. The van der Waals surface area contributed by atoms with Gasteiger partial charge in [0.2, 0.25) is 5.78 Å². The smallest absolute Gasteiger partial charge is 0.338 e. The molecule has 0 amide bonds. The summed E-state index contributed by atoms with van der Waals surface area (Å²) in [6, 6.07) is 17.9. The molecule has 0 aromatic heterocycles. The van der Waals surface area contributed by atoms with Crippen LogP contribution in [0.15, 0.2) is 71.6 Å². The Labute approximate surface area is 188 Å². The number of sulfonamides is 1. The average molecular weight is 452 g/mol. The van der Waals surface area contributed by atoms with Gasteiger partial charge in [-0.3, -0.25) is 9.10 Å². The minimum absolute atomic E-state index is 0.0437. The maximum absolute atomic E-state index is 12.8. The Bertz CT molecular complexity index is 1250. The quantitative estimate of drug-likeness (QED) is 0.391. The van der Waals surface area contributed by atoms with Crippen molar-refractivity contribution < 1.29 is 22.7 Å². The molecule has 0 saturated carbocycles. The number of esters is 1. The van der Waals surface area contributed by atoms with E-state index in [-0.39, 0.29) is 22.8 Å². The second-order valence-electron chi connectivity index (χ2n) is 7.58. The van der Waals surface area contributed by atoms with Crippen LogP contribution in [0, 0.1) is 20.8 Å². The number of nitrogens with zero attached hydrogens (tertiary/aromatic N) is 1. The molecule has 0 unspecified atom stereocenters. The first-order valence-electron chi connectivity index (χ1n) is 10.0. The molecule has 166 valence electrons. The van der Waals surface area contributed by atoms with Crippen LogP contribution < -0.4 is 4.31 Å². The first-order chi connectivity index (χ1) is 15.1. The van der Waals surface area contributed by atoms with E-state index < -0.39 is 16.0 Å². The summed E-state index contributed by atoms with van der Waals surface area (Å²) in [6.45, 7) is 5.34. The van der Waals surface area contributed by atoms with Crippen LogP contribution in [0.2, 0.25) is 0 Å². The average Bonchev–Trinajstić information content (AvgIpc) is 2.79. The van der Waals surface area contributed by atoms with Crippen LogP contribution in [0.25, 0.3) is 0 Å². The molecule has 0 aliphatic heterocycles. The first kappa shape index (κ1) is 23.2. The monoisotopic (exact) mass is 451 g/mol. The molecule has 0 aliphatic carbocycles. The van der Waals surface area contributed by atoms with Gasteiger partial charge >= 0.3 is 5.97 Å². The van der Waals surface area contributed by atoms with Gasteiger partial charge in [-0.15, -0.1) is 0 Å². The lowest BCUT2D eigenvalue weighted by molar-refractivity contribution is 0.0474. The van der Waals surface area contributed by atoms with Crippen molar-refractivity contribution in [3.63, 3.8) is 0 Å². The van der Waals surface area contributed by atoms with Crippen molar-refractivity contribution in [2.75, 3.05) is 18.0 Å². The second-order valence-corrected chi connectivity index (χ2v) is 9.55. The van der Waals surface area contributed by atoms with Crippen molar-refractivity contribution in [2.45, 2.75) is 25.7 Å². The molecule has 32 heavy (non-hydrogen) atoms. The molecule has 0 bridgehead atoms. The van der Waals surface area contributed by atoms with Crippen LogP contribution in [0.3, 0.4) is 0 Å². The topological polar surface area (TPSA) is 80.8 Å². The number of Topliss-reactive ketones (excluding diaryl/α,β-unsaturated/α-hetero) is 1. The van der Waals surface area contributed by atoms with E-state index in [1.165, 1.54) is 35.6 Å². The summed E-state index contributed by atoms with van der Waals surface area (Å²) in [5.74, 6) is -0.983. The summed E-state index contributed by atoms with van der Waals surface area (Å²) in [7, 11) is -2.32. The summed E-state index contributed by atoms with van der Waals surface area (Å²) in [5, 5.41) is 0. The number of ether oxygens (including phenoxy) is 1. The molecule has 6 nitrogen and oxygen atoms in total. The van der Waals surface area contributed by atoms with Crippen LogP contribution in [0.1, 0.15) is 37.4 Å². The predicted molar refractivity (Wildman–Crippen MR) is 124 cm³/mol. The van der Waals surface area contributed by atoms with Gasteiger partial charge in [0.15, 0.2) is 6.61 Å². The Morgan fingerprint density at radius 3 is 2.06 bits per heavy atom. The zero-order valence-electron chi connectivity index (χ0n) is 18.5. The van der Waals surface area contributed by atoms with E-state index in [9.17, 15) is 18.0 Å². The number of rotatable bonds is 7. The van der Waals surface area contributed by atoms with Crippen LogP contribution in [0.4, 0.5) is 5.69 Å². The highest BCUT2D eigenvalue weighted by Crippen LogP contribution is 2.22. The standard InChI is InChI=1S/C25H25NO5S/c1-17-14-19(3)23(15-18(17)2)24(27)16-31-25(28)20-10-12-22(13-11-20)32(29,30)26(4)21-8-6-5-7-9-21/h5-15H,16H2,1-4H3. The van der Waals surface area contributed by atoms with E-state index in [0.29, 0.717) is 11.3 Å². The van der Waals surface area contributed by atoms with Crippen LogP contribution in [-0.4, -0.2) is 33.8 Å². The van der Waals surface area contributed by atoms with Gasteiger partial charge in [-0.2, -0.15) is 0 Å². The van der Waals surface area contributed by atoms with Gasteiger partial charge in [0, 0.05) is 12.6 Å². The molecule has 0 radical (unpaired) electrons. The summed E-state index contributed by atoms with van der Waals surface area (Å²) >= 11 is 0. The summed E-state index contributed by atoms with van der Waals surface area (Å²) < 4.78 is 32.0. The molecule has 0 N–H and O–H groups in total. The van der Waals surface area contributed by atoms with Crippen LogP contribution in [0.5, 0.6) is 0 Å². The van der Waals surface area contributed by atoms with Crippen molar-refractivity contribution in [3.05, 3.63) is 94.5 Å². The first-order valence-corrected chi connectivity index (χ1v) is 11.5. The fraction of sp³-hybridized carbons (Fsp3) is 0.200. The van der Waals surface area contributed by atoms with Gasteiger partial charge in [0.05, 0.1) is 16.1 Å². The van der Waals surface area contributed by atoms with Crippen molar-refractivity contribution in [3.8, 4) is 0 Å². The Morgan fingerprint density at radius 1 is 0.844 bits per heavy atom. The van der Waals surface area contributed by atoms with Gasteiger partial charge in [-0.05, 0) is 79.9 Å². The molecular weight excluding hydrogens is 426 g/mol. The van der Waals surface area contributed by atoms with Crippen molar-refractivity contribution >= 4 is 27.5 Å². The minimum Gasteiger partial charge on any atom is -0.454 e. The third kappa shape index (κ3) is 4.89. The fourth-order valence-electron chi connectivity index (χ4n) is 3.25. The maximum atomic E-state index is 12.8. The van der Waals surface area contributed by atoms with E-state index in [4.69, 9.17) is 4.74 Å². The highest BCUT2D eigenvalue weighted by Gasteiger charge is 2.22. The number of hydrogen-bond donors (Lipinski definition) is 0. The van der Waals surface area contributed by atoms with E-state index in [1.807, 2.05) is 26.8 Å². The van der Waals surface area contributed by atoms with E-state index in [0.717, 1.165) is 16.7 Å². The zero-order chi connectivity index (χ0) is 23.5. The van der Waals surface area contributed by atoms with E-state index in [2.05, 4.69) is 0 Å². The Kier molecular flexibility index (Phi) is 6.79. The number of aryl methyl sites for hydroxylation is 3. The zero-order valence-corrected chi connectivity index (χ0v) is 19.3. The van der Waals surface area contributed by atoms with Crippen LogP contribution in [-0.2, 0) is 14.8 Å². The van der Waals surface area contributed by atoms with Crippen molar-refractivity contribution in [2.24, 2.45) is 0 Å². The molecule has 0 spiro atoms. The lowest BCUT2D eigenvalue weighted by Gasteiger charge is -2.19. The lowest BCUT2D eigenvalue weighted by atomic mass is 9.98. The van der Waals surface area contributed by atoms with Gasteiger partial charge < -0.3 is 4.74 Å². The number of ketones is 1. The minimum atomic E-state index is -3.78. The third-order valence-electron chi connectivity index (χ3n) is 5.34. The highest BCUT2D eigenvalue weighted by atomic mass is 32.2. The maximum Gasteiger partial charge on any atom is 0.338 e. The predicted octanol–water partition coefficient (Wildman–Crippen LogP) is 4.48. The van der Waals surface area contributed by atoms with Crippen LogP contribution >= 0.6 is 0 Å². The Morgan fingerprint density at radius 2 is 1.44 bits per heavy atom. The number of carbonyl (C=O) groups excluding carboxylic acids is 2. The molecule has 0 aliphatic rings. The third-order valence-corrected chi connectivity index (χ3v) is 7.14. The fourth-order valence-corrected chi connectivity index (χ4v) is 4.45. The molecule has 3 aromatic rings. The van der Waals surface area contributed by atoms with Gasteiger partial charge in [-0.25, -0.2) is 13.2 Å². The SMILES string of the molecule is Cc1cc(C)c(C(=O)COC(=O)c2ccc(S(=O)(=O)N(C)c3ccccc3)cc2)cc1C. The number of benzene rings is 3. The largest absolute Gasteiger partial charge is 0.454 e. The molecule has 0 atom stereocenters. The Balaban J connectivity index is 1.69. The van der Waals surface area contributed by atoms with Gasteiger partial charge in [0.1, 0.15) is 0 Å². The molecule has 3 aromatic carbocycles. The van der Waals surface area contributed by atoms with Crippen molar-refractivity contribution in [1.29, 1.82) is 0 Å². The second kappa shape index (κ2) is 9.36. The summed E-state index contributed by atoms with van der Waals surface area (Å²) in [4.78, 5) is 24.9. The highest BCUT2D eigenvalue weighted by molar-refractivity contribution is 7.92. The number of hydrogen-bond acceptors (Lipinski definition) is 5. The normalized spacial score (nSPS) is 11.1. The summed E-state index contributed by atoms with van der Waals surface area (Å²) in [5.41, 5.74) is 4.11. The molecular formula is C25H25NO5S. The van der Waals surface area contributed by atoms with E-state index in [1.54, 1.807) is 36.4 Å². The van der Waals surface area contributed by atoms with Gasteiger partial charge in [-0.1, -0.05) is 24.3 Å².